The lowest BCUT2D eigenvalue weighted by molar-refractivity contribution is -0.122. The Morgan fingerprint density at radius 2 is 2.00 bits per heavy atom. The van der Waals surface area contributed by atoms with Crippen LogP contribution in [0, 0.1) is 11.3 Å². The van der Waals surface area contributed by atoms with Crippen LogP contribution in [0.15, 0.2) is 48.5 Å². The van der Waals surface area contributed by atoms with Crippen LogP contribution in [0.2, 0.25) is 0 Å². The molecule has 3 N–H and O–H groups in total. The van der Waals surface area contributed by atoms with Crippen molar-refractivity contribution in [2.45, 2.75) is 19.4 Å². The van der Waals surface area contributed by atoms with Gasteiger partial charge in [0.2, 0.25) is 5.91 Å². The summed E-state index contributed by atoms with van der Waals surface area (Å²) in [5.41, 5.74) is 8.85. The predicted molar refractivity (Wildman–Crippen MR) is 82.3 cm³/mol. The maximum absolute atomic E-state index is 12.1. The third kappa shape index (κ3) is 3.83. The lowest BCUT2D eigenvalue weighted by atomic mass is 10.00. The second-order valence-corrected chi connectivity index (χ2v) is 4.92. The molecule has 0 aromatic heterocycles. The number of rotatable bonds is 4. The van der Waals surface area contributed by atoms with Crippen molar-refractivity contribution < 1.29 is 4.79 Å². The summed E-state index contributed by atoms with van der Waals surface area (Å²) in [6.07, 6.45) is 0. The van der Waals surface area contributed by atoms with E-state index < -0.39 is 0 Å². The summed E-state index contributed by atoms with van der Waals surface area (Å²) in [4.78, 5) is 12.1. The van der Waals surface area contributed by atoms with Gasteiger partial charge in [0.15, 0.2) is 0 Å². The average molecular weight is 279 g/mol. The van der Waals surface area contributed by atoms with Crippen molar-refractivity contribution in [3.05, 3.63) is 65.2 Å². The van der Waals surface area contributed by atoms with Crippen LogP contribution >= 0.6 is 0 Å². The molecule has 1 amide bonds. The van der Waals surface area contributed by atoms with E-state index in [-0.39, 0.29) is 11.8 Å². The molecule has 0 radical (unpaired) electrons. The number of nitrogens with zero attached hydrogens (tertiary/aromatic N) is 1. The third-order valence-corrected chi connectivity index (χ3v) is 3.35. The Labute approximate surface area is 124 Å². The van der Waals surface area contributed by atoms with E-state index in [1.165, 1.54) is 0 Å². The Morgan fingerprint density at radius 3 is 2.62 bits per heavy atom. The van der Waals surface area contributed by atoms with Gasteiger partial charge in [0, 0.05) is 12.2 Å². The molecule has 0 bridgehead atoms. The number of nitrogen functional groups attached to an aromatic ring is 1. The topological polar surface area (TPSA) is 78.9 Å². The quantitative estimate of drug-likeness (QED) is 0.844. The highest BCUT2D eigenvalue weighted by Gasteiger charge is 2.14. The molecule has 0 saturated carbocycles. The zero-order valence-corrected chi connectivity index (χ0v) is 11.8. The van der Waals surface area contributed by atoms with Gasteiger partial charge in [0.25, 0.3) is 0 Å². The standard InChI is InChI=1S/C17H17N3O/c1-12(15-3-2-4-16(19)9-15)17(21)20-11-14-7-5-13(10-18)6-8-14/h2-9,12H,11,19H2,1H3,(H,20,21). The largest absolute Gasteiger partial charge is 0.399 e. The molecule has 0 heterocycles. The number of benzene rings is 2. The molecule has 2 rings (SSSR count). The van der Waals surface area contributed by atoms with E-state index in [0.717, 1.165) is 11.1 Å². The van der Waals surface area contributed by atoms with E-state index in [2.05, 4.69) is 11.4 Å². The number of nitriles is 1. The highest BCUT2D eigenvalue weighted by molar-refractivity contribution is 5.83. The number of nitrogens with one attached hydrogen (secondary N) is 1. The van der Waals surface area contributed by atoms with Crippen LogP contribution in [-0.4, -0.2) is 5.91 Å². The number of hydrogen-bond acceptors (Lipinski definition) is 3. The second-order valence-electron chi connectivity index (χ2n) is 4.92. The fourth-order valence-corrected chi connectivity index (χ4v) is 2.02. The number of carbonyl (C=O) groups is 1. The fourth-order valence-electron chi connectivity index (χ4n) is 2.02. The van der Waals surface area contributed by atoms with Crippen LogP contribution in [0.1, 0.15) is 29.5 Å². The van der Waals surface area contributed by atoms with Crippen molar-refractivity contribution in [3.63, 3.8) is 0 Å². The highest BCUT2D eigenvalue weighted by atomic mass is 16.1. The normalized spacial score (nSPS) is 11.4. The van der Waals surface area contributed by atoms with Gasteiger partial charge in [0.1, 0.15) is 0 Å². The molecular weight excluding hydrogens is 262 g/mol. The number of amides is 1. The summed E-state index contributed by atoms with van der Waals surface area (Å²) in [5, 5.41) is 11.6. The molecule has 2 aromatic carbocycles. The molecule has 1 unspecified atom stereocenters. The Bertz CT molecular complexity index is 671. The minimum atomic E-state index is -0.258. The summed E-state index contributed by atoms with van der Waals surface area (Å²) in [7, 11) is 0. The molecule has 1 atom stereocenters. The number of hydrogen-bond donors (Lipinski definition) is 2. The molecule has 21 heavy (non-hydrogen) atoms. The fraction of sp³-hybridized carbons (Fsp3) is 0.176. The van der Waals surface area contributed by atoms with Crippen LogP contribution in [0.4, 0.5) is 5.69 Å². The van der Waals surface area contributed by atoms with Gasteiger partial charge in [-0.05, 0) is 42.3 Å². The Kier molecular flexibility index (Phi) is 4.57. The van der Waals surface area contributed by atoms with E-state index in [1.54, 1.807) is 18.2 Å². The van der Waals surface area contributed by atoms with E-state index in [9.17, 15) is 4.79 Å². The summed E-state index contributed by atoms with van der Waals surface area (Å²) < 4.78 is 0. The second kappa shape index (κ2) is 6.58. The Balaban J connectivity index is 1.96. The number of carbonyl (C=O) groups excluding carboxylic acids is 1. The average Bonchev–Trinajstić information content (AvgIpc) is 2.52. The van der Waals surface area contributed by atoms with Crippen molar-refractivity contribution in [2.24, 2.45) is 0 Å². The van der Waals surface area contributed by atoms with Gasteiger partial charge in [-0.15, -0.1) is 0 Å². The molecule has 4 heteroatoms. The minimum Gasteiger partial charge on any atom is -0.399 e. The molecular formula is C17H17N3O. The summed E-state index contributed by atoms with van der Waals surface area (Å²) >= 11 is 0. The maximum Gasteiger partial charge on any atom is 0.227 e. The molecule has 0 aliphatic heterocycles. The molecule has 4 nitrogen and oxygen atoms in total. The van der Waals surface area contributed by atoms with Gasteiger partial charge in [-0.1, -0.05) is 24.3 Å². The molecule has 0 aliphatic rings. The zero-order chi connectivity index (χ0) is 15.2. The van der Waals surface area contributed by atoms with Gasteiger partial charge in [0.05, 0.1) is 17.6 Å². The molecule has 0 aliphatic carbocycles. The number of anilines is 1. The summed E-state index contributed by atoms with van der Waals surface area (Å²) in [6.45, 7) is 2.29. The lowest BCUT2D eigenvalue weighted by Gasteiger charge is -2.13. The van der Waals surface area contributed by atoms with Crippen molar-refractivity contribution in [2.75, 3.05) is 5.73 Å². The van der Waals surface area contributed by atoms with Gasteiger partial charge < -0.3 is 11.1 Å². The first-order chi connectivity index (χ1) is 10.1. The first-order valence-corrected chi connectivity index (χ1v) is 6.72. The Morgan fingerprint density at radius 1 is 1.29 bits per heavy atom. The van der Waals surface area contributed by atoms with Gasteiger partial charge >= 0.3 is 0 Å². The SMILES string of the molecule is CC(C(=O)NCc1ccc(C#N)cc1)c1cccc(N)c1. The maximum atomic E-state index is 12.1. The summed E-state index contributed by atoms with van der Waals surface area (Å²) in [6, 6.07) is 16.6. The van der Waals surface area contributed by atoms with E-state index in [4.69, 9.17) is 11.0 Å². The minimum absolute atomic E-state index is 0.0510. The van der Waals surface area contributed by atoms with Gasteiger partial charge in [-0.25, -0.2) is 0 Å². The predicted octanol–water partition coefficient (Wildman–Crippen LogP) is 2.56. The zero-order valence-electron chi connectivity index (χ0n) is 11.8. The van der Waals surface area contributed by atoms with Crippen molar-refractivity contribution >= 4 is 11.6 Å². The van der Waals surface area contributed by atoms with Crippen LogP contribution in [0.3, 0.4) is 0 Å². The molecule has 2 aromatic rings. The van der Waals surface area contributed by atoms with E-state index in [0.29, 0.717) is 17.8 Å². The molecule has 0 saturated heterocycles. The van der Waals surface area contributed by atoms with Gasteiger partial charge in [-0.3, -0.25) is 4.79 Å². The molecule has 106 valence electrons. The number of nitrogens with two attached hydrogens (primary N) is 1. The lowest BCUT2D eigenvalue weighted by Crippen LogP contribution is -2.27. The molecule has 0 fully saturated rings. The third-order valence-electron chi connectivity index (χ3n) is 3.35. The van der Waals surface area contributed by atoms with Crippen molar-refractivity contribution in [1.82, 2.24) is 5.32 Å². The van der Waals surface area contributed by atoms with Crippen LogP contribution in [0.5, 0.6) is 0 Å². The van der Waals surface area contributed by atoms with Crippen LogP contribution in [-0.2, 0) is 11.3 Å². The first kappa shape index (κ1) is 14.6. The highest BCUT2D eigenvalue weighted by Crippen LogP contribution is 2.18. The van der Waals surface area contributed by atoms with Crippen LogP contribution in [0.25, 0.3) is 0 Å². The summed E-state index contributed by atoms with van der Waals surface area (Å²) in [5.74, 6) is -0.308. The smallest absolute Gasteiger partial charge is 0.227 e. The van der Waals surface area contributed by atoms with Crippen molar-refractivity contribution in [1.29, 1.82) is 5.26 Å². The van der Waals surface area contributed by atoms with Crippen LogP contribution < -0.4 is 11.1 Å². The van der Waals surface area contributed by atoms with E-state index >= 15 is 0 Å². The van der Waals surface area contributed by atoms with Gasteiger partial charge in [-0.2, -0.15) is 5.26 Å². The monoisotopic (exact) mass is 279 g/mol. The first-order valence-electron chi connectivity index (χ1n) is 6.72. The van der Waals surface area contributed by atoms with E-state index in [1.807, 2.05) is 37.3 Å². The molecule has 0 spiro atoms. The van der Waals surface area contributed by atoms with Crippen molar-refractivity contribution in [3.8, 4) is 6.07 Å². The Hall–Kier alpha value is -2.80.